The number of aromatic nitrogens is 2. The highest BCUT2D eigenvalue weighted by molar-refractivity contribution is 5.86. The molecule has 2 fully saturated rings. The van der Waals surface area contributed by atoms with Crippen molar-refractivity contribution in [1.82, 2.24) is 20.0 Å². The van der Waals surface area contributed by atoms with E-state index >= 15 is 0 Å². The number of nitrogens with one attached hydrogen (secondary N) is 1. The molecule has 7 nitrogen and oxygen atoms in total. The van der Waals surface area contributed by atoms with Gasteiger partial charge in [-0.25, -0.2) is 4.79 Å². The van der Waals surface area contributed by atoms with Gasteiger partial charge in [-0.3, -0.25) is 14.9 Å². The van der Waals surface area contributed by atoms with Gasteiger partial charge in [0.15, 0.2) is 0 Å². The molecule has 0 bridgehead atoms. The Morgan fingerprint density at radius 3 is 3.14 bits per heavy atom. The number of carbonyl (C=O) groups is 1. The van der Waals surface area contributed by atoms with Crippen LogP contribution in [0.1, 0.15) is 35.8 Å². The molecule has 0 unspecified atom stereocenters. The van der Waals surface area contributed by atoms with E-state index in [1.807, 2.05) is 0 Å². The fourth-order valence-electron chi connectivity index (χ4n) is 3.58. The molecular weight excluding hydrogens is 284 g/mol. The Morgan fingerprint density at radius 1 is 1.50 bits per heavy atom. The zero-order chi connectivity index (χ0) is 15.5. The summed E-state index contributed by atoms with van der Waals surface area (Å²) in [5.74, 6) is -0.949. The highest BCUT2D eigenvalue weighted by Gasteiger charge is 2.35. The van der Waals surface area contributed by atoms with Crippen LogP contribution in [0.15, 0.2) is 6.20 Å². The van der Waals surface area contributed by atoms with E-state index in [2.05, 4.69) is 26.9 Å². The van der Waals surface area contributed by atoms with Crippen LogP contribution >= 0.6 is 0 Å². The van der Waals surface area contributed by atoms with Crippen LogP contribution in [0, 0.1) is 0 Å². The van der Waals surface area contributed by atoms with Gasteiger partial charge in [0.2, 0.25) is 0 Å². The van der Waals surface area contributed by atoms with E-state index in [0.717, 1.165) is 38.4 Å². The zero-order valence-electron chi connectivity index (χ0n) is 13.0. The van der Waals surface area contributed by atoms with Gasteiger partial charge >= 0.3 is 5.97 Å². The minimum atomic E-state index is -0.949. The first-order chi connectivity index (χ1) is 10.7. The molecule has 1 aromatic heterocycles. The Balaban J connectivity index is 1.62. The van der Waals surface area contributed by atoms with Crippen LogP contribution in [0.4, 0.5) is 0 Å². The molecule has 2 saturated heterocycles. The number of ether oxygens (including phenoxy) is 1. The summed E-state index contributed by atoms with van der Waals surface area (Å²) in [4.78, 5) is 16.0. The van der Waals surface area contributed by atoms with Crippen molar-refractivity contribution in [2.24, 2.45) is 0 Å². The molecule has 22 heavy (non-hydrogen) atoms. The second-order valence-corrected chi connectivity index (χ2v) is 6.18. The van der Waals surface area contributed by atoms with Crippen LogP contribution < -0.4 is 0 Å². The van der Waals surface area contributed by atoms with Gasteiger partial charge < -0.3 is 9.84 Å². The lowest BCUT2D eigenvalue weighted by molar-refractivity contribution is -0.0840. The third kappa shape index (κ3) is 3.16. The van der Waals surface area contributed by atoms with Gasteiger partial charge in [-0.2, -0.15) is 5.10 Å². The number of piperazine rings is 1. The van der Waals surface area contributed by atoms with Crippen molar-refractivity contribution in [2.75, 3.05) is 32.8 Å². The number of hydrogen-bond acceptors (Lipinski definition) is 5. The SMILES string of the molecule is CCC[C@H]1COC[C@H]2CN(Cc3cn[nH]c3C(=O)O)CCN12. The molecule has 3 heterocycles. The Kier molecular flexibility index (Phi) is 4.75. The normalized spacial score (nSPS) is 26.8. The van der Waals surface area contributed by atoms with E-state index in [-0.39, 0.29) is 5.69 Å². The van der Waals surface area contributed by atoms with Crippen molar-refractivity contribution >= 4 is 5.97 Å². The second-order valence-electron chi connectivity index (χ2n) is 6.18. The minimum absolute atomic E-state index is 0.200. The summed E-state index contributed by atoms with van der Waals surface area (Å²) in [6, 6.07) is 0.952. The van der Waals surface area contributed by atoms with Crippen molar-refractivity contribution < 1.29 is 14.6 Å². The van der Waals surface area contributed by atoms with Gasteiger partial charge in [-0.05, 0) is 6.42 Å². The van der Waals surface area contributed by atoms with Gasteiger partial charge in [-0.1, -0.05) is 13.3 Å². The number of aromatic amines is 1. The molecule has 2 aliphatic heterocycles. The molecule has 0 aliphatic carbocycles. The predicted molar refractivity (Wildman–Crippen MR) is 80.8 cm³/mol. The quantitative estimate of drug-likeness (QED) is 0.837. The van der Waals surface area contributed by atoms with Crippen LogP contribution in [-0.4, -0.2) is 76.0 Å². The Morgan fingerprint density at radius 2 is 2.36 bits per heavy atom. The van der Waals surface area contributed by atoms with Crippen LogP contribution in [0.5, 0.6) is 0 Å². The lowest BCUT2D eigenvalue weighted by Crippen LogP contribution is -2.61. The van der Waals surface area contributed by atoms with Gasteiger partial charge in [-0.15, -0.1) is 0 Å². The molecule has 122 valence electrons. The maximum absolute atomic E-state index is 11.1. The monoisotopic (exact) mass is 308 g/mol. The van der Waals surface area contributed by atoms with Crippen molar-refractivity contribution in [2.45, 2.75) is 38.4 Å². The number of carboxylic acids is 1. The maximum Gasteiger partial charge on any atom is 0.354 e. The summed E-state index contributed by atoms with van der Waals surface area (Å²) in [6.07, 6.45) is 3.98. The Hall–Kier alpha value is -1.44. The fourth-order valence-corrected chi connectivity index (χ4v) is 3.58. The zero-order valence-corrected chi connectivity index (χ0v) is 13.0. The van der Waals surface area contributed by atoms with Crippen LogP contribution in [0.25, 0.3) is 0 Å². The van der Waals surface area contributed by atoms with Crippen molar-refractivity contribution in [3.05, 3.63) is 17.5 Å². The molecule has 1 aromatic rings. The molecule has 0 radical (unpaired) electrons. The van der Waals surface area contributed by atoms with E-state index < -0.39 is 5.97 Å². The molecule has 0 aromatic carbocycles. The highest BCUT2D eigenvalue weighted by Crippen LogP contribution is 2.22. The van der Waals surface area contributed by atoms with E-state index in [9.17, 15) is 4.79 Å². The van der Waals surface area contributed by atoms with Gasteiger partial charge in [0, 0.05) is 43.8 Å². The van der Waals surface area contributed by atoms with Crippen molar-refractivity contribution in [3.63, 3.8) is 0 Å². The third-order valence-electron chi connectivity index (χ3n) is 4.65. The number of carboxylic acid groups (broad SMARTS) is 1. The average Bonchev–Trinajstić information content (AvgIpc) is 2.96. The third-order valence-corrected chi connectivity index (χ3v) is 4.65. The number of rotatable bonds is 5. The van der Waals surface area contributed by atoms with E-state index in [1.165, 1.54) is 12.8 Å². The summed E-state index contributed by atoms with van der Waals surface area (Å²) in [5, 5.41) is 15.6. The van der Waals surface area contributed by atoms with Crippen molar-refractivity contribution in [3.8, 4) is 0 Å². The lowest BCUT2D eigenvalue weighted by atomic mass is 10.0. The van der Waals surface area contributed by atoms with Gasteiger partial charge in [0.25, 0.3) is 0 Å². The van der Waals surface area contributed by atoms with Gasteiger partial charge in [0.1, 0.15) is 5.69 Å². The number of H-pyrrole nitrogens is 1. The van der Waals surface area contributed by atoms with Gasteiger partial charge in [0.05, 0.1) is 19.4 Å². The number of aromatic carboxylic acids is 1. The highest BCUT2D eigenvalue weighted by atomic mass is 16.5. The molecule has 2 aliphatic rings. The maximum atomic E-state index is 11.1. The first kappa shape index (κ1) is 15.5. The topological polar surface area (TPSA) is 81.7 Å². The predicted octanol–water partition coefficient (Wildman–Crippen LogP) is 0.793. The van der Waals surface area contributed by atoms with Crippen LogP contribution in [0.3, 0.4) is 0 Å². The number of nitrogens with zero attached hydrogens (tertiary/aromatic N) is 3. The summed E-state index contributed by atoms with van der Waals surface area (Å²) in [6.45, 7) is 7.36. The Labute approximate surface area is 130 Å². The van der Waals surface area contributed by atoms with Crippen LogP contribution in [0.2, 0.25) is 0 Å². The molecule has 0 saturated carbocycles. The standard InChI is InChI=1S/C15H24N4O3/c1-2-3-12-9-22-10-13-8-18(4-5-19(12)13)7-11-6-16-17-14(11)15(20)21/h6,12-13H,2-5,7-10H2,1H3,(H,16,17)(H,20,21)/t12-,13+/m0/s1. The number of fused-ring (bicyclic) bond motifs is 1. The number of hydrogen-bond donors (Lipinski definition) is 2. The average molecular weight is 308 g/mol. The van der Waals surface area contributed by atoms with Crippen LogP contribution in [-0.2, 0) is 11.3 Å². The van der Waals surface area contributed by atoms with E-state index in [4.69, 9.17) is 9.84 Å². The second kappa shape index (κ2) is 6.76. The lowest BCUT2D eigenvalue weighted by Gasteiger charge is -2.48. The smallest absolute Gasteiger partial charge is 0.354 e. The molecule has 3 rings (SSSR count). The minimum Gasteiger partial charge on any atom is -0.477 e. The molecule has 0 amide bonds. The fraction of sp³-hybridized carbons (Fsp3) is 0.733. The molecule has 0 spiro atoms. The van der Waals surface area contributed by atoms with E-state index in [0.29, 0.717) is 18.6 Å². The summed E-state index contributed by atoms with van der Waals surface area (Å²) in [5.41, 5.74) is 0.953. The first-order valence-corrected chi connectivity index (χ1v) is 8.00. The van der Waals surface area contributed by atoms with Crippen molar-refractivity contribution in [1.29, 1.82) is 0 Å². The molecule has 7 heteroatoms. The largest absolute Gasteiger partial charge is 0.477 e. The molecular formula is C15H24N4O3. The summed E-state index contributed by atoms with van der Waals surface area (Å²) in [7, 11) is 0. The molecule has 2 atom stereocenters. The molecule has 2 N–H and O–H groups in total. The number of morpholine rings is 1. The summed E-state index contributed by atoms with van der Waals surface area (Å²) < 4.78 is 5.77. The summed E-state index contributed by atoms with van der Waals surface area (Å²) >= 11 is 0. The van der Waals surface area contributed by atoms with E-state index in [1.54, 1.807) is 6.20 Å². The first-order valence-electron chi connectivity index (χ1n) is 8.00. The Bertz CT molecular complexity index is 517.